The first-order valence-corrected chi connectivity index (χ1v) is 10.2. The summed E-state index contributed by atoms with van der Waals surface area (Å²) in [6, 6.07) is 8.37. The Labute approximate surface area is 175 Å². The van der Waals surface area contributed by atoms with Crippen LogP contribution in [0.3, 0.4) is 0 Å². The lowest BCUT2D eigenvalue weighted by Crippen LogP contribution is -2.62. The summed E-state index contributed by atoms with van der Waals surface area (Å²) in [5.74, 6) is 1.75. The third-order valence-corrected chi connectivity index (χ3v) is 6.02. The molecule has 30 heavy (non-hydrogen) atoms. The molecular formula is C22H27FN4O3. The molecule has 1 aromatic heterocycles. The predicted molar refractivity (Wildman–Crippen MR) is 113 cm³/mol. The topological polar surface area (TPSA) is 66.9 Å². The number of hydrogen-bond donors (Lipinski definition) is 1. The summed E-state index contributed by atoms with van der Waals surface area (Å²) >= 11 is 0. The van der Waals surface area contributed by atoms with Gasteiger partial charge in [0.1, 0.15) is 29.7 Å². The van der Waals surface area contributed by atoms with Crippen molar-refractivity contribution < 1.29 is 18.7 Å². The third-order valence-electron chi connectivity index (χ3n) is 6.02. The molecule has 0 saturated carbocycles. The second kappa shape index (κ2) is 8.01. The van der Waals surface area contributed by atoms with E-state index in [0.717, 1.165) is 31.0 Å². The Morgan fingerprint density at radius 2 is 2.17 bits per heavy atom. The van der Waals surface area contributed by atoms with E-state index in [1.54, 1.807) is 24.1 Å². The summed E-state index contributed by atoms with van der Waals surface area (Å²) < 4.78 is 24.1. The van der Waals surface area contributed by atoms with Crippen LogP contribution in [0.4, 0.5) is 20.7 Å². The van der Waals surface area contributed by atoms with Gasteiger partial charge in [0.15, 0.2) is 0 Å². The van der Waals surface area contributed by atoms with Gasteiger partial charge in [0.05, 0.1) is 25.0 Å². The highest BCUT2D eigenvalue weighted by Crippen LogP contribution is 2.38. The number of ether oxygens (including phenoxy) is 2. The second-order valence-corrected chi connectivity index (χ2v) is 8.07. The van der Waals surface area contributed by atoms with Crippen LogP contribution in [-0.2, 0) is 0 Å². The smallest absolute Gasteiger partial charge is 0.322 e. The summed E-state index contributed by atoms with van der Waals surface area (Å²) in [7, 11) is 1.60. The van der Waals surface area contributed by atoms with Crippen LogP contribution in [0.2, 0.25) is 0 Å². The van der Waals surface area contributed by atoms with Crippen LogP contribution >= 0.6 is 0 Å². The first kappa shape index (κ1) is 20.3. The molecule has 0 bridgehead atoms. The fraction of sp³-hybridized carbons (Fsp3) is 0.455. The lowest BCUT2D eigenvalue weighted by molar-refractivity contribution is 0.187. The van der Waals surface area contributed by atoms with Crippen molar-refractivity contribution >= 4 is 17.5 Å². The Hall–Kier alpha value is -3.03. The van der Waals surface area contributed by atoms with Gasteiger partial charge in [-0.1, -0.05) is 6.92 Å². The molecule has 8 heteroatoms. The van der Waals surface area contributed by atoms with E-state index in [9.17, 15) is 9.18 Å². The van der Waals surface area contributed by atoms with Gasteiger partial charge in [-0.2, -0.15) is 0 Å². The van der Waals surface area contributed by atoms with Gasteiger partial charge in [0.2, 0.25) is 0 Å². The molecule has 1 unspecified atom stereocenters. The van der Waals surface area contributed by atoms with Crippen LogP contribution < -0.4 is 24.6 Å². The fourth-order valence-electron chi connectivity index (χ4n) is 4.06. The highest BCUT2D eigenvalue weighted by molar-refractivity contribution is 5.95. The number of fused-ring (bicyclic) bond motifs is 1. The number of carbonyl (C=O) groups excluding carboxylic acids is 1. The van der Waals surface area contributed by atoms with Gasteiger partial charge in [-0.05, 0) is 37.6 Å². The number of amides is 2. The molecule has 4 rings (SSSR count). The molecule has 1 aromatic carbocycles. The van der Waals surface area contributed by atoms with Crippen molar-refractivity contribution in [3.05, 3.63) is 42.3 Å². The molecule has 160 valence electrons. The number of pyridine rings is 1. The number of carbonyl (C=O) groups is 1. The van der Waals surface area contributed by atoms with Crippen molar-refractivity contribution in [1.29, 1.82) is 0 Å². The van der Waals surface area contributed by atoms with E-state index in [2.05, 4.69) is 22.1 Å². The van der Waals surface area contributed by atoms with Gasteiger partial charge in [-0.15, -0.1) is 0 Å². The van der Waals surface area contributed by atoms with Crippen LogP contribution in [0, 0.1) is 11.2 Å². The Kier molecular flexibility index (Phi) is 5.40. The van der Waals surface area contributed by atoms with Crippen LogP contribution in [0.25, 0.3) is 0 Å². The summed E-state index contributed by atoms with van der Waals surface area (Å²) in [6.07, 6.45) is 2.16. The molecule has 1 fully saturated rings. The molecule has 3 heterocycles. The van der Waals surface area contributed by atoms with Crippen molar-refractivity contribution in [2.24, 2.45) is 5.41 Å². The molecule has 0 radical (unpaired) electrons. The molecule has 1 atom stereocenters. The summed E-state index contributed by atoms with van der Waals surface area (Å²) in [5.41, 5.74) is 0.715. The average Bonchev–Trinajstić information content (AvgIpc) is 2.73. The monoisotopic (exact) mass is 414 g/mol. The number of rotatable bonds is 5. The fourth-order valence-corrected chi connectivity index (χ4v) is 4.06. The van der Waals surface area contributed by atoms with Gasteiger partial charge in [0.25, 0.3) is 0 Å². The first-order valence-electron chi connectivity index (χ1n) is 10.2. The maximum absolute atomic E-state index is 13.1. The molecule has 1 N–H and O–H groups in total. The number of nitrogens with zero attached hydrogens (tertiary/aromatic N) is 3. The molecule has 2 amide bonds. The van der Waals surface area contributed by atoms with E-state index in [1.165, 1.54) is 12.3 Å². The minimum Gasteiger partial charge on any atom is -0.497 e. The molecule has 2 aliphatic heterocycles. The lowest BCUT2D eigenvalue weighted by atomic mass is 9.77. The summed E-state index contributed by atoms with van der Waals surface area (Å²) in [6.45, 7) is 6.63. The molecular weight excluding hydrogens is 387 g/mol. The largest absolute Gasteiger partial charge is 0.497 e. The van der Waals surface area contributed by atoms with Crippen LogP contribution in [0.15, 0.2) is 36.5 Å². The van der Waals surface area contributed by atoms with Gasteiger partial charge in [-0.3, -0.25) is 4.90 Å². The van der Waals surface area contributed by atoms with E-state index < -0.39 is 0 Å². The van der Waals surface area contributed by atoms with E-state index in [0.29, 0.717) is 24.7 Å². The van der Waals surface area contributed by atoms with E-state index >= 15 is 0 Å². The zero-order valence-corrected chi connectivity index (χ0v) is 17.5. The highest BCUT2D eigenvalue weighted by atomic mass is 19.1. The van der Waals surface area contributed by atoms with E-state index in [1.807, 2.05) is 19.1 Å². The molecule has 1 saturated heterocycles. The Balaban J connectivity index is 1.41. The zero-order chi connectivity index (χ0) is 21.3. The minimum atomic E-state index is -0.342. The van der Waals surface area contributed by atoms with E-state index in [-0.39, 0.29) is 23.3 Å². The summed E-state index contributed by atoms with van der Waals surface area (Å²) in [4.78, 5) is 21.1. The number of anilines is 2. The quantitative estimate of drug-likeness (QED) is 0.812. The van der Waals surface area contributed by atoms with Crippen molar-refractivity contribution in [1.82, 2.24) is 10.3 Å². The molecule has 7 nitrogen and oxygen atoms in total. The number of methoxy groups -OCH3 is 1. The standard InChI is InChI=1S/C22H27FN4O3/c1-4-22(13-26(14-22)20-8-5-16(23)10-24-20)12-25-21(28)27-15(2)11-30-19-9-17(29-3)6-7-18(19)27/h5-10,15H,4,11-14H2,1-3H3,(H,25,28). The maximum atomic E-state index is 13.1. The van der Waals surface area contributed by atoms with Crippen LogP contribution in [0.1, 0.15) is 20.3 Å². The van der Waals surface area contributed by atoms with Crippen LogP contribution in [0.5, 0.6) is 11.5 Å². The van der Waals surface area contributed by atoms with Gasteiger partial charge in [0, 0.05) is 31.1 Å². The van der Waals surface area contributed by atoms with Gasteiger partial charge in [-0.25, -0.2) is 14.2 Å². The van der Waals surface area contributed by atoms with Gasteiger partial charge >= 0.3 is 6.03 Å². The lowest BCUT2D eigenvalue weighted by Gasteiger charge is -2.51. The molecule has 0 spiro atoms. The number of benzene rings is 1. The van der Waals surface area contributed by atoms with Crippen molar-refractivity contribution in [3.8, 4) is 11.5 Å². The Bertz CT molecular complexity index is 915. The number of nitrogens with one attached hydrogen (secondary N) is 1. The molecule has 0 aliphatic carbocycles. The summed E-state index contributed by atoms with van der Waals surface area (Å²) in [5, 5.41) is 3.12. The SMILES string of the molecule is CCC1(CNC(=O)N2c3ccc(OC)cc3OCC2C)CN(c2ccc(F)cn2)C1. The second-order valence-electron chi connectivity index (χ2n) is 8.07. The predicted octanol–water partition coefficient (Wildman–Crippen LogP) is 3.44. The number of aromatic nitrogens is 1. The number of halogens is 1. The number of hydrogen-bond acceptors (Lipinski definition) is 5. The van der Waals surface area contributed by atoms with Gasteiger partial charge < -0.3 is 19.7 Å². The Morgan fingerprint density at radius 1 is 1.37 bits per heavy atom. The normalized spacial score (nSPS) is 19.4. The Morgan fingerprint density at radius 3 is 2.83 bits per heavy atom. The number of urea groups is 1. The molecule has 2 aromatic rings. The van der Waals surface area contributed by atoms with E-state index in [4.69, 9.17) is 9.47 Å². The van der Waals surface area contributed by atoms with Crippen molar-refractivity contribution in [3.63, 3.8) is 0 Å². The zero-order valence-electron chi connectivity index (χ0n) is 17.5. The molecule has 2 aliphatic rings. The third kappa shape index (κ3) is 3.74. The van der Waals surface area contributed by atoms with Crippen LogP contribution in [-0.4, -0.2) is 50.4 Å². The first-order chi connectivity index (χ1) is 14.4. The van der Waals surface area contributed by atoms with Crippen molar-refractivity contribution in [2.75, 3.05) is 43.2 Å². The highest BCUT2D eigenvalue weighted by Gasteiger charge is 2.43. The maximum Gasteiger partial charge on any atom is 0.322 e. The average molecular weight is 414 g/mol. The van der Waals surface area contributed by atoms with Crippen molar-refractivity contribution in [2.45, 2.75) is 26.3 Å². The minimum absolute atomic E-state index is 0.0238.